The molecule has 0 aliphatic carbocycles. The molecule has 0 heterocycles. The largest absolute Gasteiger partial charge is 0.497 e. The summed E-state index contributed by atoms with van der Waals surface area (Å²) < 4.78 is 20.4. The van der Waals surface area contributed by atoms with Gasteiger partial charge in [0.15, 0.2) is 0 Å². The fourth-order valence-corrected chi connectivity index (χ4v) is 2.03. The average Bonchev–Trinajstić information content (AvgIpc) is 2.63. The maximum absolute atomic E-state index is 11.8. The molecular formula is C19H20O6. The summed E-state index contributed by atoms with van der Waals surface area (Å²) in [4.78, 5) is 23.5. The van der Waals surface area contributed by atoms with Crippen LogP contribution in [0.5, 0.6) is 23.0 Å². The molecule has 25 heavy (non-hydrogen) atoms. The third-order valence-corrected chi connectivity index (χ3v) is 3.34. The molecule has 0 aromatic heterocycles. The van der Waals surface area contributed by atoms with Crippen molar-refractivity contribution in [3.63, 3.8) is 0 Å². The fraction of sp³-hybridized carbons (Fsp3) is 0.263. The van der Waals surface area contributed by atoms with Crippen molar-refractivity contribution in [1.82, 2.24) is 0 Å². The van der Waals surface area contributed by atoms with Gasteiger partial charge in [0.05, 0.1) is 14.2 Å². The fourth-order valence-electron chi connectivity index (χ4n) is 2.03. The van der Waals surface area contributed by atoms with Crippen LogP contribution in [0, 0.1) is 0 Å². The van der Waals surface area contributed by atoms with Gasteiger partial charge >= 0.3 is 11.9 Å². The Bertz CT molecular complexity index is 629. The van der Waals surface area contributed by atoms with Crippen LogP contribution in [0.4, 0.5) is 0 Å². The number of ether oxygens (including phenoxy) is 4. The maximum Gasteiger partial charge on any atom is 0.311 e. The molecule has 0 fully saturated rings. The molecule has 6 heteroatoms. The second-order valence-corrected chi connectivity index (χ2v) is 5.15. The normalized spacial score (nSPS) is 10.0. The van der Waals surface area contributed by atoms with Crippen molar-refractivity contribution in [3.05, 3.63) is 48.5 Å². The summed E-state index contributed by atoms with van der Waals surface area (Å²) in [6.45, 7) is 0. The van der Waals surface area contributed by atoms with Crippen molar-refractivity contribution < 1.29 is 28.5 Å². The first-order chi connectivity index (χ1) is 12.1. The van der Waals surface area contributed by atoms with Crippen molar-refractivity contribution in [2.24, 2.45) is 0 Å². The lowest BCUT2D eigenvalue weighted by Crippen LogP contribution is -2.11. The Balaban J connectivity index is 1.69. The summed E-state index contributed by atoms with van der Waals surface area (Å²) in [7, 11) is 3.12. The van der Waals surface area contributed by atoms with Crippen LogP contribution in [0.1, 0.15) is 19.3 Å². The van der Waals surface area contributed by atoms with Crippen LogP contribution < -0.4 is 18.9 Å². The van der Waals surface area contributed by atoms with Gasteiger partial charge in [-0.25, -0.2) is 0 Å². The summed E-state index contributed by atoms with van der Waals surface area (Å²) in [6.07, 6.45) is 0.609. The molecule has 0 bridgehead atoms. The number of methoxy groups -OCH3 is 2. The predicted octanol–water partition coefficient (Wildman–Crippen LogP) is 3.39. The SMILES string of the molecule is COc1ccc(OC(=O)CCCC(=O)Oc2ccc(OC)cc2)cc1. The Kier molecular flexibility index (Phi) is 6.83. The number of esters is 2. The third kappa shape index (κ3) is 6.18. The van der Waals surface area contributed by atoms with E-state index in [0.717, 1.165) is 0 Å². The van der Waals surface area contributed by atoms with E-state index in [1.807, 2.05) is 0 Å². The molecule has 0 aliphatic heterocycles. The van der Waals surface area contributed by atoms with Gasteiger partial charge in [0.2, 0.25) is 0 Å². The lowest BCUT2D eigenvalue weighted by atomic mass is 10.2. The van der Waals surface area contributed by atoms with E-state index in [-0.39, 0.29) is 12.8 Å². The Labute approximate surface area is 146 Å². The maximum atomic E-state index is 11.8. The van der Waals surface area contributed by atoms with Crippen molar-refractivity contribution in [1.29, 1.82) is 0 Å². The lowest BCUT2D eigenvalue weighted by Gasteiger charge is -2.06. The zero-order valence-electron chi connectivity index (χ0n) is 14.2. The molecule has 132 valence electrons. The number of carbonyl (C=O) groups is 2. The minimum absolute atomic E-state index is 0.129. The first-order valence-electron chi connectivity index (χ1n) is 7.80. The predicted molar refractivity (Wildman–Crippen MR) is 91.1 cm³/mol. The van der Waals surface area contributed by atoms with Gasteiger partial charge in [0.1, 0.15) is 23.0 Å². The molecule has 0 atom stereocenters. The molecule has 0 N–H and O–H groups in total. The van der Waals surface area contributed by atoms with Gasteiger partial charge < -0.3 is 18.9 Å². The van der Waals surface area contributed by atoms with Gasteiger partial charge in [-0.05, 0) is 55.0 Å². The van der Waals surface area contributed by atoms with Gasteiger partial charge in [-0.2, -0.15) is 0 Å². The summed E-state index contributed by atoms with van der Waals surface area (Å²) >= 11 is 0. The number of hydrogen-bond acceptors (Lipinski definition) is 6. The van der Waals surface area contributed by atoms with E-state index >= 15 is 0 Å². The highest BCUT2D eigenvalue weighted by Gasteiger charge is 2.09. The average molecular weight is 344 g/mol. The van der Waals surface area contributed by atoms with Gasteiger partial charge in [-0.15, -0.1) is 0 Å². The van der Waals surface area contributed by atoms with E-state index in [9.17, 15) is 9.59 Å². The summed E-state index contributed by atoms with van der Waals surface area (Å²) in [5, 5.41) is 0. The highest BCUT2D eigenvalue weighted by molar-refractivity contribution is 5.75. The van der Waals surface area contributed by atoms with Crippen LogP contribution in [0.2, 0.25) is 0 Å². The van der Waals surface area contributed by atoms with Crippen molar-refractivity contribution in [3.8, 4) is 23.0 Å². The zero-order chi connectivity index (χ0) is 18.1. The Hall–Kier alpha value is -3.02. The first-order valence-corrected chi connectivity index (χ1v) is 7.80. The first kappa shape index (κ1) is 18.3. The highest BCUT2D eigenvalue weighted by Crippen LogP contribution is 2.19. The standard InChI is InChI=1S/C19H20O6/c1-22-14-6-10-16(11-7-14)24-18(20)4-3-5-19(21)25-17-12-8-15(23-2)9-13-17/h6-13H,3-5H2,1-2H3. The monoisotopic (exact) mass is 344 g/mol. The Morgan fingerprint density at radius 3 is 1.28 bits per heavy atom. The quantitative estimate of drug-likeness (QED) is 0.540. The number of carbonyl (C=O) groups excluding carboxylic acids is 2. The molecule has 0 spiro atoms. The minimum Gasteiger partial charge on any atom is -0.497 e. The molecule has 0 aliphatic rings. The summed E-state index contributed by atoms with van der Waals surface area (Å²) in [5.74, 6) is 1.44. The number of hydrogen-bond donors (Lipinski definition) is 0. The minimum atomic E-state index is -0.401. The topological polar surface area (TPSA) is 71.1 Å². The van der Waals surface area contributed by atoms with Crippen molar-refractivity contribution in [2.75, 3.05) is 14.2 Å². The zero-order valence-corrected chi connectivity index (χ0v) is 14.2. The van der Waals surface area contributed by atoms with Gasteiger partial charge in [-0.3, -0.25) is 9.59 Å². The summed E-state index contributed by atoms with van der Waals surface area (Å²) in [5.41, 5.74) is 0. The molecule has 2 aromatic carbocycles. The molecule has 0 saturated heterocycles. The van der Waals surface area contributed by atoms with E-state index in [1.54, 1.807) is 62.8 Å². The van der Waals surface area contributed by atoms with E-state index < -0.39 is 11.9 Å². The Morgan fingerprint density at radius 2 is 0.960 bits per heavy atom. The van der Waals surface area contributed by atoms with Crippen molar-refractivity contribution >= 4 is 11.9 Å². The second kappa shape index (κ2) is 9.32. The van der Waals surface area contributed by atoms with Gasteiger partial charge in [0.25, 0.3) is 0 Å². The molecular weight excluding hydrogens is 324 g/mol. The smallest absolute Gasteiger partial charge is 0.311 e. The van der Waals surface area contributed by atoms with Crippen LogP contribution in [0.3, 0.4) is 0 Å². The molecule has 2 rings (SSSR count). The van der Waals surface area contributed by atoms with Crippen LogP contribution in [0.15, 0.2) is 48.5 Å². The van der Waals surface area contributed by atoms with Gasteiger partial charge in [0, 0.05) is 12.8 Å². The molecule has 0 amide bonds. The van der Waals surface area contributed by atoms with Crippen LogP contribution in [0.25, 0.3) is 0 Å². The van der Waals surface area contributed by atoms with E-state index in [2.05, 4.69) is 0 Å². The lowest BCUT2D eigenvalue weighted by molar-refractivity contribution is -0.136. The highest BCUT2D eigenvalue weighted by atomic mass is 16.5. The van der Waals surface area contributed by atoms with E-state index in [4.69, 9.17) is 18.9 Å². The molecule has 2 aromatic rings. The van der Waals surface area contributed by atoms with Crippen molar-refractivity contribution in [2.45, 2.75) is 19.3 Å². The van der Waals surface area contributed by atoms with Gasteiger partial charge in [-0.1, -0.05) is 0 Å². The third-order valence-electron chi connectivity index (χ3n) is 3.34. The van der Waals surface area contributed by atoms with E-state index in [0.29, 0.717) is 29.4 Å². The Morgan fingerprint density at radius 1 is 0.640 bits per heavy atom. The van der Waals surface area contributed by atoms with Crippen LogP contribution >= 0.6 is 0 Å². The number of rotatable bonds is 8. The van der Waals surface area contributed by atoms with E-state index in [1.165, 1.54) is 0 Å². The molecule has 0 saturated carbocycles. The summed E-state index contributed by atoms with van der Waals surface area (Å²) in [6, 6.07) is 13.4. The molecule has 0 unspecified atom stereocenters. The molecule has 6 nitrogen and oxygen atoms in total. The number of benzene rings is 2. The van der Waals surface area contributed by atoms with Crippen LogP contribution in [-0.4, -0.2) is 26.2 Å². The molecule has 0 radical (unpaired) electrons. The second-order valence-electron chi connectivity index (χ2n) is 5.15. The van der Waals surface area contributed by atoms with Crippen LogP contribution in [-0.2, 0) is 9.59 Å².